The molecule has 0 fully saturated rings. The topological polar surface area (TPSA) is 71.4 Å². The van der Waals surface area contributed by atoms with Crippen molar-refractivity contribution in [3.8, 4) is 0 Å². The molecule has 0 saturated heterocycles. The van der Waals surface area contributed by atoms with Crippen LogP contribution in [-0.2, 0) is 21.1 Å². The molecule has 6 heteroatoms. The van der Waals surface area contributed by atoms with E-state index in [1.54, 1.807) is 6.07 Å². The van der Waals surface area contributed by atoms with Gasteiger partial charge in [0.15, 0.2) is 0 Å². The molecule has 0 aliphatic carbocycles. The average Bonchev–Trinajstić information content (AvgIpc) is 2.26. The van der Waals surface area contributed by atoms with E-state index in [1.807, 2.05) is 0 Å². The first-order chi connectivity index (χ1) is 8.78. The highest BCUT2D eigenvalue weighted by molar-refractivity contribution is 7.90. The zero-order valence-corrected chi connectivity index (χ0v) is 11.5. The first-order valence-electron chi connectivity index (χ1n) is 5.93. The van der Waals surface area contributed by atoms with Gasteiger partial charge in [-0.2, -0.15) is 0 Å². The summed E-state index contributed by atoms with van der Waals surface area (Å²) in [5, 5.41) is 9.09. The molecule has 1 N–H and O–H groups in total. The Kier molecular flexibility index (Phi) is 5.47. The summed E-state index contributed by atoms with van der Waals surface area (Å²) >= 11 is 0. The van der Waals surface area contributed by atoms with Crippen LogP contribution in [0.15, 0.2) is 24.3 Å². The maximum atomic E-state index is 13.0. The summed E-state index contributed by atoms with van der Waals surface area (Å²) in [6.07, 6.45) is 1.89. The van der Waals surface area contributed by atoms with E-state index in [1.165, 1.54) is 18.2 Å². The van der Waals surface area contributed by atoms with Gasteiger partial charge in [-0.25, -0.2) is 12.8 Å². The third-order valence-corrected chi connectivity index (χ3v) is 3.82. The fraction of sp³-hybridized carbons (Fsp3) is 0.462. The summed E-state index contributed by atoms with van der Waals surface area (Å²) in [5.41, 5.74) is 0.603. The molecule has 1 aromatic rings. The molecule has 0 aliphatic rings. The number of aliphatic carboxylic acids is 1. The van der Waals surface area contributed by atoms with Gasteiger partial charge in [0, 0.05) is 12.0 Å². The second-order valence-corrected chi connectivity index (χ2v) is 6.90. The molecule has 0 heterocycles. The molecule has 0 aliphatic heterocycles. The Bertz CT molecular complexity index is 539. The molecule has 4 nitrogen and oxygen atoms in total. The van der Waals surface area contributed by atoms with Crippen LogP contribution in [0.3, 0.4) is 0 Å². The highest BCUT2D eigenvalue weighted by Crippen LogP contribution is 2.16. The fourth-order valence-corrected chi connectivity index (χ4v) is 2.54. The standard InChI is InChI=1S/C13H17FO4S/c1-19(17,18)7-3-5-11(13(15)16)8-10-4-2-6-12(14)9-10/h2,4,6,9,11H,3,5,7-8H2,1H3,(H,15,16). The summed E-state index contributed by atoms with van der Waals surface area (Å²) in [4.78, 5) is 11.1. The molecule has 0 saturated carbocycles. The number of hydrogen-bond donors (Lipinski definition) is 1. The van der Waals surface area contributed by atoms with Gasteiger partial charge in [-0.1, -0.05) is 12.1 Å². The summed E-state index contributed by atoms with van der Waals surface area (Å²) in [5.74, 6) is -2.11. The largest absolute Gasteiger partial charge is 0.481 e. The van der Waals surface area contributed by atoms with Gasteiger partial charge in [-0.05, 0) is 37.0 Å². The van der Waals surface area contributed by atoms with Crippen LogP contribution in [-0.4, -0.2) is 31.5 Å². The lowest BCUT2D eigenvalue weighted by Crippen LogP contribution is -2.18. The minimum atomic E-state index is -3.08. The number of carboxylic acids is 1. The maximum Gasteiger partial charge on any atom is 0.306 e. The molecule has 1 unspecified atom stereocenters. The zero-order chi connectivity index (χ0) is 14.5. The Morgan fingerprint density at radius 2 is 2.11 bits per heavy atom. The van der Waals surface area contributed by atoms with Crippen LogP contribution in [0.5, 0.6) is 0 Å². The number of sulfone groups is 1. The van der Waals surface area contributed by atoms with E-state index in [0.29, 0.717) is 12.0 Å². The van der Waals surface area contributed by atoms with E-state index in [4.69, 9.17) is 5.11 Å². The average molecular weight is 288 g/mol. The van der Waals surface area contributed by atoms with Crippen molar-refractivity contribution in [2.75, 3.05) is 12.0 Å². The highest BCUT2D eigenvalue weighted by atomic mass is 32.2. The first-order valence-corrected chi connectivity index (χ1v) is 7.99. The van der Waals surface area contributed by atoms with E-state index in [0.717, 1.165) is 6.26 Å². The van der Waals surface area contributed by atoms with Gasteiger partial charge in [0.05, 0.1) is 5.92 Å². The van der Waals surface area contributed by atoms with Gasteiger partial charge in [0.1, 0.15) is 15.7 Å². The third kappa shape index (κ3) is 6.33. The van der Waals surface area contributed by atoms with Crippen molar-refractivity contribution in [3.63, 3.8) is 0 Å². The molecular formula is C13H17FO4S. The molecule has 0 amide bonds. The van der Waals surface area contributed by atoms with Gasteiger partial charge in [-0.3, -0.25) is 4.79 Å². The van der Waals surface area contributed by atoms with Crippen molar-refractivity contribution >= 4 is 15.8 Å². The number of carbonyl (C=O) groups is 1. The Morgan fingerprint density at radius 3 is 2.63 bits per heavy atom. The molecule has 0 aromatic heterocycles. The number of hydrogen-bond acceptors (Lipinski definition) is 3. The molecule has 1 atom stereocenters. The monoisotopic (exact) mass is 288 g/mol. The molecule has 106 valence electrons. The summed E-state index contributed by atoms with van der Waals surface area (Å²) in [6, 6.07) is 5.78. The minimum absolute atomic E-state index is 0.0278. The Hall–Kier alpha value is -1.43. The van der Waals surface area contributed by atoms with Gasteiger partial charge < -0.3 is 5.11 Å². The Labute approximate surface area is 112 Å². The van der Waals surface area contributed by atoms with Gasteiger partial charge >= 0.3 is 5.97 Å². The highest BCUT2D eigenvalue weighted by Gasteiger charge is 2.18. The van der Waals surface area contributed by atoms with Crippen LogP contribution < -0.4 is 0 Å². The van der Waals surface area contributed by atoms with E-state index >= 15 is 0 Å². The van der Waals surface area contributed by atoms with E-state index in [2.05, 4.69) is 0 Å². The van der Waals surface area contributed by atoms with Crippen LogP contribution in [0, 0.1) is 11.7 Å². The van der Waals surface area contributed by atoms with Crippen molar-refractivity contribution in [1.82, 2.24) is 0 Å². The number of carboxylic acid groups (broad SMARTS) is 1. The summed E-state index contributed by atoms with van der Waals surface area (Å²) in [7, 11) is -3.08. The van der Waals surface area contributed by atoms with E-state index in [9.17, 15) is 17.6 Å². The quantitative estimate of drug-likeness (QED) is 0.831. The Balaban J connectivity index is 2.61. The lowest BCUT2D eigenvalue weighted by Gasteiger charge is -2.12. The van der Waals surface area contributed by atoms with Crippen molar-refractivity contribution in [3.05, 3.63) is 35.6 Å². The number of benzene rings is 1. The third-order valence-electron chi connectivity index (χ3n) is 2.79. The van der Waals surface area contributed by atoms with Crippen LogP contribution >= 0.6 is 0 Å². The van der Waals surface area contributed by atoms with Crippen molar-refractivity contribution in [2.45, 2.75) is 19.3 Å². The second-order valence-electron chi connectivity index (χ2n) is 4.64. The van der Waals surface area contributed by atoms with Crippen LogP contribution in [0.4, 0.5) is 4.39 Å². The molecular weight excluding hydrogens is 271 g/mol. The normalized spacial score (nSPS) is 13.2. The smallest absolute Gasteiger partial charge is 0.306 e. The lowest BCUT2D eigenvalue weighted by molar-refractivity contribution is -0.141. The van der Waals surface area contributed by atoms with Crippen molar-refractivity contribution < 1.29 is 22.7 Å². The summed E-state index contributed by atoms with van der Waals surface area (Å²) < 4.78 is 35.0. The molecule has 0 radical (unpaired) electrons. The predicted molar refractivity (Wildman–Crippen MR) is 70.2 cm³/mol. The molecule has 1 rings (SSSR count). The zero-order valence-electron chi connectivity index (χ0n) is 10.7. The van der Waals surface area contributed by atoms with Gasteiger partial charge in [-0.15, -0.1) is 0 Å². The van der Waals surface area contributed by atoms with E-state index < -0.39 is 27.5 Å². The maximum absolute atomic E-state index is 13.0. The SMILES string of the molecule is CS(=O)(=O)CCCC(Cc1cccc(F)c1)C(=O)O. The van der Waals surface area contributed by atoms with Crippen molar-refractivity contribution in [2.24, 2.45) is 5.92 Å². The molecule has 1 aromatic carbocycles. The fourth-order valence-electron chi connectivity index (χ4n) is 1.85. The van der Waals surface area contributed by atoms with Gasteiger partial charge in [0.2, 0.25) is 0 Å². The molecule has 0 spiro atoms. The van der Waals surface area contributed by atoms with Gasteiger partial charge in [0.25, 0.3) is 0 Å². The second kappa shape index (κ2) is 6.65. The Morgan fingerprint density at radius 1 is 1.42 bits per heavy atom. The lowest BCUT2D eigenvalue weighted by atomic mass is 9.95. The summed E-state index contributed by atoms with van der Waals surface area (Å²) in [6.45, 7) is 0. The number of rotatable bonds is 7. The molecule has 0 bridgehead atoms. The predicted octanol–water partition coefficient (Wildman–Crippen LogP) is 1.89. The van der Waals surface area contributed by atoms with Crippen LogP contribution in [0.2, 0.25) is 0 Å². The van der Waals surface area contributed by atoms with Crippen LogP contribution in [0.1, 0.15) is 18.4 Å². The van der Waals surface area contributed by atoms with Crippen LogP contribution in [0.25, 0.3) is 0 Å². The van der Waals surface area contributed by atoms with E-state index in [-0.39, 0.29) is 18.6 Å². The molecule has 19 heavy (non-hydrogen) atoms. The number of halogens is 1. The minimum Gasteiger partial charge on any atom is -0.481 e. The first kappa shape index (κ1) is 15.6. The van der Waals surface area contributed by atoms with Crippen molar-refractivity contribution in [1.29, 1.82) is 0 Å².